The number of H-pyrrole nitrogens is 1. The summed E-state index contributed by atoms with van der Waals surface area (Å²) in [5.41, 5.74) is 2.31. The lowest BCUT2D eigenvalue weighted by atomic mass is 10.3. The van der Waals surface area contributed by atoms with E-state index in [1.165, 1.54) is 0 Å². The standard InChI is InChI=1S/C13H13N3O3/c1-7-4-10(16-19-7)13-14-8-5-11(17-2)12(18-3)6-9(8)15-13/h4-6H,1-3H3,(H,14,15). The Labute approximate surface area is 109 Å². The van der Waals surface area contributed by atoms with Crippen LogP contribution in [-0.2, 0) is 0 Å². The van der Waals surface area contributed by atoms with Crippen LogP contribution < -0.4 is 9.47 Å². The number of nitrogens with one attached hydrogen (secondary N) is 1. The average molecular weight is 259 g/mol. The number of hydrogen-bond acceptors (Lipinski definition) is 5. The summed E-state index contributed by atoms with van der Waals surface area (Å²) in [6.45, 7) is 1.84. The Kier molecular flexibility index (Phi) is 2.63. The molecule has 2 heterocycles. The molecule has 1 N–H and O–H groups in total. The van der Waals surface area contributed by atoms with Gasteiger partial charge in [-0.15, -0.1) is 0 Å². The third-order valence-electron chi connectivity index (χ3n) is 2.86. The zero-order chi connectivity index (χ0) is 13.4. The van der Waals surface area contributed by atoms with Crippen LogP contribution in [0.4, 0.5) is 0 Å². The van der Waals surface area contributed by atoms with Gasteiger partial charge in [0.05, 0.1) is 25.3 Å². The van der Waals surface area contributed by atoms with Gasteiger partial charge in [0, 0.05) is 18.2 Å². The Morgan fingerprint density at radius 1 is 1.11 bits per heavy atom. The molecule has 6 heteroatoms. The third kappa shape index (κ3) is 1.91. The van der Waals surface area contributed by atoms with E-state index < -0.39 is 0 Å². The first kappa shape index (κ1) is 11.6. The molecule has 0 saturated carbocycles. The predicted molar refractivity (Wildman–Crippen MR) is 69.4 cm³/mol. The number of imidazole rings is 1. The fraction of sp³-hybridized carbons (Fsp3) is 0.231. The molecule has 6 nitrogen and oxygen atoms in total. The second-order valence-corrected chi connectivity index (χ2v) is 4.13. The van der Waals surface area contributed by atoms with Gasteiger partial charge in [0.25, 0.3) is 0 Å². The van der Waals surface area contributed by atoms with Crippen LogP contribution in [0, 0.1) is 6.92 Å². The molecule has 0 aliphatic carbocycles. The molecule has 2 aromatic heterocycles. The molecule has 3 aromatic rings. The quantitative estimate of drug-likeness (QED) is 0.782. The van der Waals surface area contributed by atoms with Crippen molar-refractivity contribution in [1.29, 1.82) is 0 Å². The SMILES string of the molecule is COc1cc2nc(-c3cc(C)on3)[nH]c2cc1OC. The van der Waals surface area contributed by atoms with Crippen LogP contribution >= 0.6 is 0 Å². The summed E-state index contributed by atoms with van der Waals surface area (Å²) < 4.78 is 15.6. The van der Waals surface area contributed by atoms with Gasteiger partial charge in [-0.1, -0.05) is 5.16 Å². The van der Waals surface area contributed by atoms with Crippen molar-refractivity contribution in [3.05, 3.63) is 24.0 Å². The molecular formula is C13H13N3O3. The molecule has 0 unspecified atom stereocenters. The van der Waals surface area contributed by atoms with Crippen molar-refractivity contribution in [2.75, 3.05) is 14.2 Å². The number of nitrogens with zero attached hydrogens (tertiary/aromatic N) is 2. The van der Waals surface area contributed by atoms with Crippen LogP contribution in [0.3, 0.4) is 0 Å². The van der Waals surface area contributed by atoms with E-state index in [-0.39, 0.29) is 0 Å². The van der Waals surface area contributed by atoms with E-state index in [0.29, 0.717) is 23.0 Å². The first-order chi connectivity index (χ1) is 9.21. The molecular weight excluding hydrogens is 246 g/mol. The van der Waals surface area contributed by atoms with Gasteiger partial charge in [-0.3, -0.25) is 0 Å². The van der Waals surface area contributed by atoms with E-state index in [4.69, 9.17) is 14.0 Å². The molecule has 0 amide bonds. The topological polar surface area (TPSA) is 73.2 Å². The average Bonchev–Trinajstić information content (AvgIpc) is 3.02. The van der Waals surface area contributed by atoms with Gasteiger partial charge >= 0.3 is 0 Å². The summed E-state index contributed by atoms with van der Waals surface area (Å²) in [5, 5.41) is 3.94. The molecule has 0 bridgehead atoms. The maximum absolute atomic E-state index is 5.26. The number of aryl methyl sites for hydroxylation is 1. The fourth-order valence-electron chi connectivity index (χ4n) is 1.94. The fourth-order valence-corrected chi connectivity index (χ4v) is 1.94. The van der Waals surface area contributed by atoms with Crippen LogP contribution in [-0.4, -0.2) is 29.3 Å². The van der Waals surface area contributed by atoms with Crippen molar-refractivity contribution in [2.24, 2.45) is 0 Å². The number of benzene rings is 1. The van der Waals surface area contributed by atoms with Crippen molar-refractivity contribution in [2.45, 2.75) is 6.92 Å². The lowest BCUT2D eigenvalue weighted by Gasteiger charge is -2.06. The van der Waals surface area contributed by atoms with Crippen LogP contribution in [0.25, 0.3) is 22.6 Å². The maximum atomic E-state index is 5.26. The Morgan fingerprint density at radius 3 is 2.47 bits per heavy atom. The number of aromatic amines is 1. The van der Waals surface area contributed by atoms with E-state index in [1.807, 2.05) is 25.1 Å². The van der Waals surface area contributed by atoms with Crippen molar-refractivity contribution in [1.82, 2.24) is 15.1 Å². The molecule has 0 radical (unpaired) electrons. The van der Waals surface area contributed by atoms with Crippen molar-refractivity contribution < 1.29 is 14.0 Å². The minimum atomic E-state index is 0.643. The van der Waals surface area contributed by atoms with Gasteiger partial charge in [-0.25, -0.2) is 4.98 Å². The molecule has 0 fully saturated rings. The second kappa shape index (κ2) is 4.31. The Balaban J connectivity index is 2.15. The van der Waals surface area contributed by atoms with Gasteiger partial charge in [-0.2, -0.15) is 0 Å². The van der Waals surface area contributed by atoms with E-state index in [2.05, 4.69) is 15.1 Å². The van der Waals surface area contributed by atoms with E-state index in [1.54, 1.807) is 14.2 Å². The van der Waals surface area contributed by atoms with Crippen molar-refractivity contribution >= 4 is 11.0 Å². The molecule has 3 rings (SSSR count). The molecule has 1 aromatic carbocycles. The Bertz CT molecular complexity index is 689. The maximum Gasteiger partial charge on any atom is 0.163 e. The molecule has 0 atom stereocenters. The highest BCUT2D eigenvalue weighted by atomic mass is 16.5. The third-order valence-corrected chi connectivity index (χ3v) is 2.86. The van der Waals surface area contributed by atoms with E-state index in [0.717, 1.165) is 16.8 Å². The summed E-state index contributed by atoms with van der Waals surface area (Å²) in [5.74, 6) is 2.69. The number of rotatable bonds is 3. The van der Waals surface area contributed by atoms with E-state index in [9.17, 15) is 0 Å². The normalized spacial score (nSPS) is 10.9. The van der Waals surface area contributed by atoms with Gasteiger partial charge in [0.15, 0.2) is 17.3 Å². The molecule has 0 aliphatic heterocycles. The summed E-state index contributed by atoms with van der Waals surface area (Å²) in [7, 11) is 3.19. The number of aromatic nitrogens is 3. The summed E-state index contributed by atoms with van der Waals surface area (Å²) in [6.07, 6.45) is 0. The van der Waals surface area contributed by atoms with Crippen molar-refractivity contribution in [3.63, 3.8) is 0 Å². The Hall–Kier alpha value is -2.50. The predicted octanol–water partition coefficient (Wildman–Crippen LogP) is 2.54. The highest BCUT2D eigenvalue weighted by molar-refractivity contribution is 5.82. The van der Waals surface area contributed by atoms with Gasteiger partial charge < -0.3 is 19.0 Å². The molecule has 98 valence electrons. The lowest BCUT2D eigenvalue weighted by Crippen LogP contribution is -1.89. The zero-order valence-electron chi connectivity index (χ0n) is 10.9. The Morgan fingerprint density at radius 2 is 1.84 bits per heavy atom. The zero-order valence-corrected chi connectivity index (χ0v) is 10.9. The highest BCUT2D eigenvalue weighted by Crippen LogP contribution is 2.32. The van der Waals surface area contributed by atoms with Gasteiger partial charge in [0.2, 0.25) is 0 Å². The van der Waals surface area contributed by atoms with Crippen LogP contribution in [0.2, 0.25) is 0 Å². The molecule has 19 heavy (non-hydrogen) atoms. The van der Waals surface area contributed by atoms with Gasteiger partial charge in [-0.05, 0) is 6.92 Å². The summed E-state index contributed by atoms with van der Waals surface area (Å²) in [6, 6.07) is 5.49. The largest absolute Gasteiger partial charge is 0.493 e. The number of hydrogen-bond donors (Lipinski definition) is 1. The molecule has 0 saturated heterocycles. The highest BCUT2D eigenvalue weighted by Gasteiger charge is 2.13. The minimum absolute atomic E-state index is 0.643. The molecule has 0 aliphatic rings. The number of fused-ring (bicyclic) bond motifs is 1. The first-order valence-corrected chi connectivity index (χ1v) is 5.76. The van der Waals surface area contributed by atoms with Crippen LogP contribution in [0.5, 0.6) is 11.5 Å². The van der Waals surface area contributed by atoms with E-state index >= 15 is 0 Å². The van der Waals surface area contributed by atoms with Gasteiger partial charge in [0.1, 0.15) is 11.5 Å². The molecule has 0 spiro atoms. The monoisotopic (exact) mass is 259 g/mol. The summed E-state index contributed by atoms with van der Waals surface area (Å²) in [4.78, 5) is 7.65. The van der Waals surface area contributed by atoms with Crippen LogP contribution in [0.1, 0.15) is 5.76 Å². The van der Waals surface area contributed by atoms with Crippen molar-refractivity contribution in [3.8, 4) is 23.0 Å². The first-order valence-electron chi connectivity index (χ1n) is 5.76. The number of methoxy groups -OCH3 is 2. The number of ether oxygens (including phenoxy) is 2. The lowest BCUT2D eigenvalue weighted by molar-refractivity contribution is 0.356. The smallest absolute Gasteiger partial charge is 0.163 e. The second-order valence-electron chi connectivity index (χ2n) is 4.13. The summed E-state index contributed by atoms with van der Waals surface area (Å²) >= 11 is 0. The minimum Gasteiger partial charge on any atom is -0.493 e. The van der Waals surface area contributed by atoms with Crippen LogP contribution in [0.15, 0.2) is 22.7 Å².